The molecule has 18 heavy (non-hydrogen) atoms. The molecule has 5 nitrogen and oxygen atoms in total. The van der Waals surface area contributed by atoms with Crippen LogP contribution < -0.4 is 15.4 Å². The molecule has 0 aliphatic heterocycles. The summed E-state index contributed by atoms with van der Waals surface area (Å²) in [5.41, 5.74) is 8.53. The summed E-state index contributed by atoms with van der Waals surface area (Å²) >= 11 is 0. The van der Waals surface area contributed by atoms with Gasteiger partial charge in [-0.05, 0) is 38.5 Å². The summed E-state index contributed by atoms with van der Waals surface area (Å²) in [6.07, 6.45) is 0.811. The van der Waals surface area contributed by atoms with Gasteiger partial charge >= 0.3 is 0 Å². The first kappa shape index (κ1) is 14.8. The average molecular weight is 271 g/mol. The van der Waals surface area contributed by atoms with Gasteiger partial charge in [-0.1, -0.05) is 6.07 Å². The highest BCUT2D eigenvalue weighted by Crippen LogP contribution is 2.25. The Labute approximate surface area is 109 Å². The van der Waals surface area contributed by atoms with Crippen LogP contribution >= 0.6 is 0 Å². The van der Waals surface area contributed by atoms with Crippen LogP contribution in [0.3, 0.4) is 0 Å². The number of nitrogens with zero attached hydrogens (tertiary/aromatic N) is 1. The second kappa shape index (κ2) is 5.58. The minimum absolute atomic E-state index is 0.339. The summed E-state index contributed by atoms with van der Waals surface area (Å²) in [5.74, 6) is 0. The number of aryl methyl sites for hydroxylation is 1. The first-order chi connectivity index (χ1) is 8.24. The molecule has 1 unspecified atom stereocenters. The lowest BCUT2D eigenvalue weighted by Crippen LogP contribution is -2.46. The summed E-state index contributed by atoms with van der Waals surface area (Å²) in [5, 5.41) is 0. The second-order valence-electron chi connectivity index (χ2n) is 4.41. The van der Waals surface area contributed by atoms with Gasteiger partial charge in [0.15, 0.2) is 0 Å². The number of hydrogen-bond donors (Lipinski definition) is 2. The van der Waals surface area contributed by atoms with Gasteiger partial charge in [0.05, 0.1) is 23.8 Å². The third-order valence-corrected chi connectivity index (χ3v) is 3.46. The number of sulfonamides is 1. The fraction of sp³-hybridized carbons (Fsp3) is 0.500. The zero-order valence-corrected chi connectivity index (χ0v) is 12.1. The van der Waals surface area contributed by atoms with Gasteiger partial charge in [0.1, 0.15) is 0 Å². The maximum atomic E-state index is 11.3. The Morgan fingerprint density at radius 3 is 2.56 bits per heavy atom. The van der Waals surface area contributed by atoms with E-state index in [0.717, 1.165) is 17.5 Å². The van der Waals surface area contributed by atoms with E-state index in [2.05, 4.69) is 4.72 Å². The van der Waals surface area contributed by atoms with Crippen molar-refractivity contribution in [2.75, 3.05) is 23.4 Å². The summed E-state index contributed by atoms with van der Waals surface area (Å²) in [6, 6.07) is 5.72. The fourth-order valence-electron chi connectivity index (χ4n) is 1.93. The summed E-state index contributed by atoms with van der Waals surface area (Å²) in [6.45, 7) is 6.40. The fourth-order valence-corrected chi connectivity index (χ4v) is 2.68. The largest absolute Gasteiger partial charge is 0.397 e. The van der Waals surface area contributed by atoms with Gasteiger partial charge in [0, 0.05) is 6.54 Å². The molecule has 1 aromatic carbocycles. The maximum absolute atomic E-state index is 11.3. The van der Waals surface area contributed by atoms with Crippen molar-refractivity contribution in [1.82, 2.24) is 4.72 Å². The standard InChI is InChI=1S/C12H21N3O2S/c1-5-15(10(3)14-18(4,16)17)12-8-9(2)6-7-11(12)13/h6-8,10,14H,5,13H2,1-4H3. The molecule has 0 fully saturated rings. The van der Waals surface area contributed by atoms with Crippen LogP contribution in [0.2, 0.25) is 0 Å². The molecule has 0 bridgehead atoms. The van der Waals surface area contributed by atoms with Crippen LogP contribution in [0.15, 0.2) is 18.2 Å². The van der Waals surface area contributed by atoms with Crippen LogP contribution in [0.5, 0.6) is 0 Å². The monoisotopic (exact) mass is 271 g/mol. The summed E-state index contributed by atoms with van der Waals surface area (Å²) in [4.78, 5) is 1.92. The second-order valence-corrected chi connectivity index (χ2v) is 6.19. The summed E-state index contributed by atoms with van der Waals surface area (Å²) in [7, 11) is -3.24. The summed E-state index contributed by atoms with van der Waals surface area (Å²) < 4.78 is 25.1. The molecule has 0 radical (unpaired) electrons. The number of benzene rings is 1. The average Bonchev–Trinajstić information content (AvgIpc) is 2.21. The zero-order chi connectivity index (χ0) is 13.9. The molecule has 1 rings (SSSR count). The first-order valence-corrected chi connectivity index (χ1v) is 7.73. The van der Waals surface area contributed by atoms with Gasteiger partial charge < -0.3 is 10.6 Å². The van der Waals surface area contributed by atoms with Crippen molar-refractivity contribution in [2.45, 2.75) is 26.9 Å². The Kier molecular flexibility index (Phi) is 4.59. The minimum atomic E-state index is -3.24. The number of nitrogen functional groups attached to an aromatic ring is 1. The Morgan fingerprint density at radius 1 is 1.44 bits per heavy atom. The quantitative estimate of drug-likeness (QED) is 0.625. The van der Waals surface area contributed by atoms with E-state index < -0.39 is 10.0 Å². The van der Waals surface area contributed by atoms with Gasteiger partial charge in [-0.15, -0.1) is 0 Å². The topological polar surface area (TPSA) is 75.4 Å². The van der Waals surface area contributed by atoms with E-state index in [9.17, 15) is 8.42 Å². The number of anilines is 2. The SMILES string of the molecule is CCN(c1cc(C)ccc1N)C(C)NS(C)(=O)=O. The Morgan fingerprint density at radius 2 is 2.06 bits per heavy atom. The zero-order valence-electron chi connectivity index (χ0n) is 11.3. The molecular weight excluding hydrogens is 250 g/mol. The van der Waals surface area contributed by atoms with Crippen LogP contribution in [0.4, 0.5) is 11.4 Å². The lowest BCUT2D eigenvalue weighted by molar-refractivity contribution is 0.555. The lowest BCUT2D eigenvalue weighted by Gasteiger charge is -2.31. The highest BCUT2D eigenvalue weighted by molar-refractivity contribution is 7.88. The predicted octanol–water partition coefficient (Wildman–Crippen LogP) is 1.30. The van der Waals surface area contributed by atoms with Gasteiger partial charge in [-0.3, -0.25) is 0 Å². The van der Waals surface area contributed by atoms with Crippen molar-refractivity contribution in [3.63, 3.8) is 0 Å². The normalized spacial score (nSPS) is 13.3. The van der Waals surface area contributed by atoms with Gasteiger partial charge in [-0.25, -0.2) is 8.42 Å². The van der Waals surface area contributed by atoms with E-state index >= 15 is 0 Å². The van der Waals surface area contributed by atoms with Crippen molar-refractivity contribution in [3.05, 3.63) is 23.8 Å². The molecule has 0 saturated heterocycles. The molecule has 0 saturated carbocycles. The van der Waals surface area contributed by atoms with E-state index in [1.807, 2.05) is 36.9 Å². The molecule has 3 N–H and O–H groups in total. The molecule has 102 valence electrons. The molecule has 0 aromatic heterocycles. The predicted molar refractivity (Wildman–Crippen MR) is 76.1 cm³/mol. The van der Waals surface area contributed by atoms with Crippen LogP contribution in [0.1, 0.15) is 19.4 Å². The van der Waals surface area contributed by atoms with E-state index in [4.69, 9.17) is 5.73 Å². The highest BCUT2D eigenvalue weighted by atomic mass is 32.2. The van der Waals surface area contributed by atoms with E-state index in [1.165, 1.54) is 0 Å². The molecule has 0 amide bonds. The van der Waals surface area contributed by atoms with Crippen LogP contribution in [0.25, 0.3) is 0 Å². The van der Waals surface area contributed by atoms with Crippen LogP contribution in [-0.4, -0.2) is 27.4 Å². The molecule has 0 spiro atoms. The van der Waals surface area contributed by atoms with Crippen LogP contribution in [-0.2, 0) is 10.0 Å². The lowest BCUT2D eigenvalue weighted by atomic mass is 10.1. The molecular formula is C12H21N3O2S. The van der Waals surface area contributed by atoms with Crippen LogP contribution in [0, 0.1) is 6.92 Å². The number of hydrogen-bond acceptors (Lipinski definition) is 4. The molecule has 1 aromatic rings. The third-order valence-electron chi connectivity index (χ3n) is 2.69. The Bertz CT molecular complexity index is 514. The third kappa shape index (κ3) is 3.89. The molecule has 1 atom stereocenters. The number of nitrogens with one attached hydrogen (secondary N) is 1. The number of nitrogens with two attached hydrogens (primary N) is 1. The van der Waals surface area contributed by atoms with Gasteiger partial charge in [-0.2, -0.15) is 4.72 Å². The highest BCUT2D eigenvalue weighted by Gasteiger charge is 2.18. The number of rotatable bonds is 5. The van der Waals surface area contributed by atoms with E-state index in [0.29, 0.717) is 12.2 Å². The van der Waals surface area contributed by atoms with E-state index in [-0.39, 0.29) is 6.17 Å². The maximum Gasteiger partial charge on any atom is 0.210 e. The van der Waals surface area contributed by atoms with Gasteiger partial charge in [0.25, 0.3) is 0 Å². The Balaban J connectivity index is 3.05. The molecule has 0 aliphatic rings. The van der Waals surface area contributed by atoms with Crippen molar-refractivity contribution in [3.8, 4) is 0 Å². The van der Waals surface area contributed by atoms with Crippen molar-refractivity contribution < 1.29 is 8.42 Å². The first-order valence-electron chi connectivity index (χ1n) is 5.84. The molecule has 6 heteroatoms. The smallest absolute Gasteiger partial charge is 0.210 e. The van der Waals surface area contributed by atoms with Crippen molar-refractivity contribution in [2.24, 2.45) is 0 Å². The van der Waals surface area contributed by atoms with E-state index in [1.54, 1.807) is 6.92 Å². The van der Waals surface area contributed by atoms with Crippen molar-refractivity contribution >= 4 is 21.4 Å². The molecule has 0 heterocycles. The minimum Gasteiger partial charge on any atom is -0.397 e. The van der Waals surface area contributed by atoms with Crippen molar-refractivity contribution in [1.29, 1.82) is 0 Å². The Hall–Kier alpha value is -1.27. The van der Waals surface area contributed by atoms with Gasteiger partial charge in [0.2, 0.25) is 10.0 Å². The molecule has 0 aliphatic carbocycles.